The lowest BCUT2D eigenvalue weighted by Gasteiger charge is -2.32. The molecule has 2 aliphatic heterocycles. The highest BCUT2D eigenvalue weighted by molar-refractivity contribution is 8.18. The maximum absolute atomic E-state index is 14.5. The van der Waals surface area contributed by atoms with Crippen LogP contribution in [0.25, 0.3) is 6.08 Å². The predicted molar refractivity (Wildman–Crippen MR) is 99.8 cm³/mol. The zero-order valence-corrected chi connectivity index (χ0v) is 15.6. The van der Waals surface area contributed by atoms with E-state index >= 15 is 0 Å². The van der Waals surface area contributed by atoms with Crippen molar-refractivity contribution in [1.29, 1.82) is 0 Å². The van der Waals surface area contributed by atoms with Crippen molar-refractivity contribution >= 4 is 46.3 Å². The molecule has 5 nitrogen and oxygen atoms in total. The summed E-state index contributed by atoms with van der Waals surface area (Å²) in [4.78, 5) is 25.7. The van der Waals surface area contributed by atoms with Crippen LogP contribution < -0.4 is 15.5 Å². The highest BCUT2D eigenvalue weighted by atomic mass is 35.5. The lowest BCUT2D eigenvalue weighted by Crippen LogP contribution is -2.44. The number of thioether (sulfide) groups is 1. The molecule has 0 atom stereocenters. The average Bonchev–Trinajstić information content (AvgIpc) is 2.84. The molecule has 25 heavy (non-hydrogen) atoms. The largest absolute Gasteiger partial charge is 0.367 e. The normalized spacial score (nSPS) is 20.3. The van der Waals surface area contributed by atoms with Crippen LogP contribution in [-0.2, 0) is 10.5 Å². The van der Waals surface area contributed by atoms with Crippen molar-refractivity contribution in [2.75, 3.05) is 31.1 Å². The summed E-state index contributed by atoms with van der Waals surface area (Å²) < 4.78 is 14.5. The van der Waals surface area contributed by atoms with Gasteiger partial charge in [0.25, 0.3) is 11.1 Å². The lowest BCUT2D eigenvalue weighted by atomic mass is 9.96. The van der Waals surface area contributed by atoms with E-state index in [2.05, 4.69) is 15.5 Å². The standard InChI is InChI=1S/C17H19ClFN3O2S/c1-17(2,19)11-7-10(8-13-15(23)21-16(24)25-13)14(12(18)9-11)22-5-3-20-4-6-22/h7-9,20H,3-6H2,1-2H3,(H,21,23,24)/b13-8-. The number of nitrogens with zero attached hydrogens (tertiary/aromatic N) is 1. The summed E-state index contributed by atoms with van der Waals surface area (Å²) >= 11 is 7.33. The van der Waals surface area contributed by atoms with Gasteiger partial charge in [-0.05, 0) is 49.4 Å². The SMILES string of the molecule is CC(C)(F)c1cc(Cl)c(N2CCNCC2)c(/C=C2\SC(=O)NC2=O)c1. The van der Waals surface area contributed by atoms with E-state index in [0.29, 0.717) is 16.1 Å². The van der Waals surface area contributed by atoms with E-state index < -0.39 is 16.8 Å². The Morgan fingerprint density at radius 1 is 1.28 bits per heavy atom. The number of rotatable bonds is 3. The molecule has 134 valence electrons. The van der Waals surface area contributed by atoms with Gasteiger partial charge in [-0.15, -0.1) is 0 Å². The van der Waals surface area contributed by atoms with Crippen LogP contribution in [0, 0.1) is 0 Å². The molecule has 2 fully saturated rings. The summed E-state index contributed by atoms with van der Waals surface area (Å²) in [5.74, 6) is -0.442. The van der Waals surface area contributed by atoms with Crippen LogP contribution in [-0.4, -0.2) is 37.3 Å². The summed E-state index contributed by atoms with van der Waals surface area (Å²) in [6.07, 6.45) is 1.61. The first kappa shape index (κ1) is 18.2. The second kappa shape index (κ2) is 6.97. The molecular formula is C17H19ClFN3O2S. The molecule has 0 aromatic heterocycles. The number of halogens is 2. The monoisotopic (exact) mass is 383 g/mol. The fraction of sp³-hybridized carbons (Fsp3) is 0.412. The van der Waals surface area contributed by atoms with Crippen molar-refractivity contribution in [3.05, 3.63) is 33.2 Å². The highest BCUT2D eigenvalue weighted by Crippen LogP contribution is 2.39. The molecule has 0 bridgehead atoms. The zero-order valence-electron chi connectivity index (χ0n) is 14.0. The van der Waals surface area contributed by atoms with Gasteiger partial charge in [0.1, 0.15) is 5.67 Å². The van der Waals surface area contributed by atoms with Gasteiger partial charge in [-0.2, -0.15) is 0 Å². The van der Waals surface area contributed by atoms with Crippen molar-refractivity contribution in [2.24, 2.45) is 0 Å². The second-order valence-electron chi connectivity index (χ2n) is 6.46. The third-order valence-electron chi connectivity index (χ3n) is 4.14. The summed E-state index contributed by atoms with van der Waals surface area (Å²) in [6.45, 7) is 6.06. The maximum Gasteiger partial charge on any atom is 0.290 e. The number of imide groups is 1. The van der Waals surface area contributed by atoms with Gasteiger partial charge in [0, 0.05) is 31.7 Å². The molecule has 1 aromatic rings. The number of nitrogens with one attached hydrogen (secondary N) is 2. The molecule has 0 aliphatic carbocycles. The predicted octanol–water partition coefficient (Wildman–Crippen LogP) is 3.28. The van der Waals surface area contributed by atoms with Gasteiger partial charge in [-0.3, -0.25) is 14.9 Å². The van der Waals surface area contributed by atoms with Crippen molar-refractivity contribution in [3.63, 3.8) is 0 Å². The molecule has 0 radical (unpaired) electrons. The minimum Gasteiger partial charge on any atom is -0.367 e. The molecule has 1 aromatic carbocycles. The van der Waals surface area contributed by atoms with Crippen LogP contribution in [0.3, 0.4) is 0 Å². The van der Waals surface area contributed by atoms with Crippen LogP contribution in [0.15, 0.2) is 17.0 Å². The molecule has 0 saturated carbocycles. The Labute approximate surface area is 155 Å². The van der Waals surface area contributed by atoms with Gasteiger partial charge in [-0.25, -0.2) is 4.39 Å². The van der Waals surface area contributed by atoms with Crippen LogP contribution >= 0.6 is 23.4 Å². The third kappa shape index (κ3) is 3.99. The Morgan fingerprint density at radius 2 is 1.96 bits per heavy atom. The number of carbonyl (C=O) groups excluding carboxylic acids is 2. The van der Waals surface area contributed by atoms with Crippen LogP contribution in [0.2, 0.25) is 5.02 Å². The van der Waals surface area contributed by atoms with Crippen molar-refractivity contribution in [1.82, 2.24) is 10.6 Å². The van der Waals surface area contributed by atoms with Gasteiger partial charge in [0.15, 0.2) is 0 Å². The number of amides is 2. The molecule has 2 saturated heterocycles. The quantitative estimate of drug-likeness (QED) is 0.784. The number of benzene rings is 1. The van der Waals surface area contributed by atoms with E-state index in [1.54, 1.807) is 18.2 Å². The first-order valence-corrected chi connectivity index (χ1v) is 9.18. The summed E-state index contributed by atoms with van der Waals surface area (Å²) in [6, 6.07) is 3.33. The Balaban J connectivity index is 2.11. The third-order valence-corrected chi connectivity index (χ3v) is 5.24. The molecule has 2 N–H and O–H groups in total. The fourth-order valence-electron chi connectivity index (χ4n) is 2.86. The molecule has 2 amide bonds. The Hall–Kier alpha value is -1.57. The molecular weight excluding hydrogens is 365 g/mol. The Kier molecular flexibility index (Phi) is 5.09. The maximum atomic E-state index is 14.5. The molecule has 0 spiro atoms. The van der Waals surface area contributed by atoms with Gasteiger partial charge in [0.05, 0.1) is 15.6 Å². The number of alkyl halides is 1. The minimum atomic E-state index is -1.57. The van der Waals surface area contributed by atoms with Gasteiger partial charge < -0.3 is 10.2 Å². The average molecular weight is 384 g/mol. The van der Waals surface area contributed by atoms with Gasteiger partial charge >= 0.3 is 0 Å². The van der Waals surface area contributed by atoms with E-state index in [4.69, 9.17) is 11.6 Å². The topological polar surface area (TPSA) is 61.4 Å². The number of carbonyl (C=O) groups is 2. The molecule has 8 heteroatoms. The lowest BCUT2D eigenvalue weighted by molar-refractivity contribution is -0.115. The second-order valence-corrected chi connectivity index (χ2v) is 7.88. The molecule has 3 rings (SSSR count). The number of hydrogen-bond donors (Lipinski definition) is 2. The van der Waals surface area contributed by atoms with Crippen LogP contribution in [0.1, 0.15) is 25.0 Å². The fourth-order valence-corrected chi connectivity index (χ4v) is 3.88. The van der Waals surface area contributed by atoms with E-state index in [1.807, 2.05) is 0 Å². The van der Waals surface area contributed by atoms with Gasteiger partial charge in [0.2, 0.25) is 0 Å². The number of hydrogen-bond acceptors (Lipinski definition) is 5. The molecule has 2 aliphatic rings. The van der Waals surface area contributed by atoms with E-state index in [9.17, 15) is 14.0 Å². The summed E-state index contributed by atoms with van der Waals surface area (Å²) in [5.41, 5.74) is 0.261. The smallest absolute Gasteiger partial charge is 0.290 e. The molecule has 2 heterocycles. The number of piperazine rings is 1. The van der Waals surface area contributed by atoms with E-state index in [1.165, 1.54) is 13.8 Å². The summed E-state index contributed by atoms with van der Waals surface area (Å²) in [7, 11) is 0. The van der Waals surface area contributed by atoms with Crippen LogP contribution in [0.4, 0.5) is 14.9 Å². The van der Waals surface area contributed by atoms with Crippen LogP contribution in [0.5, 0.6) is 0 Å². The Bertz CT molecular complexity index is 755. The van der Waals surface area contributed by atoms with E-state index in [-0.39, 0.29) is 4.91 Å². The van der Waals surface area contributed by atoms with Crippen molar-refractivity contribution in [2.45, 2.75) is 19.5 Å². The minimum absolute atomic E-state index is 0.284. The number of anilines is 1. The van der Waals surface area contributed by atoms with Crippen molar-refractivity contribution in [3.8, 4) is 0 Å². The zero-order chi connectivity index (χ0) is 18.2. The molecule has 0 unspecified atom stereocenters. The van der Waals surface area contributed by atoms with Crippen molar-refractivity contribution < 1.29 is 14.0 Å². The Morgan fingerprint density at radius 3 is 2.52 bits per heavy atom. The first-order valence-electron chi connectivity index (χ1n) is 7.99. The van der Waals surface area contributed by atoms with E-state index in [0.717, 1.165) is 43.6 Å². The summed E-state index contributed by atoms with van der Waals surface area (Å²) in [5, 5.41) is 5.53. The first-order chi connectivity index (χ1) is 11.8. The van der Waals surface area contributed by atoms with Gasteiger partial charge in [-0.1, -0.05) is 11.6 Å². The highest BCUT2D eigenvalue weighted by Gasteiger charge is 2.28.